The summed E-state index contributed by atoms with van der Waals surface area (Å²) >= 11 is 0. The van der Waals surface area contributed by atoms with E-state index < -0.39 is 0 Å². The number of anilines is 1. The largest absolute Gasteiger partial charge is 0.310 e. The van der Waals surface area contributed by atoms with Crippen LogP contribution in [0, 0.1) is 18.3 Å². The summed E-state index contributed by atoms with van der Waals surface area (Å²) in [7, 11) is 0. The molecule has 0 saturated carbocycles. The zero-order chi connectivity index (χ0) is 19.3. The van der Waals surface area contributed by atoms with Crippen LogP contribution in [0.4, 0.5) is 5.82 Å². The lowest BCUT2D eigenvalue weighted by Gasteiger charge is -2.24. The Hall–Kier alpha value is -4.06. The molecule has 0 fully saturated rings. The van der Waals surface area contributed by atoms with Crippen molar-refractivity contribution < 1.29 is 4.79 Å². The number of carbonyl (C=O) groups is 1. The molecule has 1 amide bonds. The molecule has 0 unspecified atom stereocenters. The summed E-state index contributed by atoms with van der Waals surface area (Å²) in [6.45, 7) is 1.92. The number of aromatic nitrogens is 6. The molecule has 0 radical (unpaired) electrons. The Morgan fingerprint density at radius 1 is 1.18 bits per heavy atom. The van der Waals surface area contributed by atoms with Gasteiger partial charge in [0.1, 0.15) is 12.1 Å². The van der Waals surface area contributed by atoms with E-state index in [0.717, 1.165) is 16.8 Å². The topological polar surface area (TPSA) is 114 Å². The van der Waals surface area contributed by atoms with Crippen molar-refractivity contribution >= 4 is 17.4 Å². The molecule has 9 nitrogen and oxygen atoms in total. The Morgan fingerprint density at radius 3 is 2.79 bits per heavy atom. The number of fused-ring (bicyclic) bond motifs is 2. The van der Waals surface area contributed by atoms with Gasteiger partial charge in [-0.15, -0.1) is 15.3 Å². The number of hydrogen-bond acceptors (Lipinski definition) is 6. The summed E-state index contributed by atoms with van der Waals surface area (Å²) in [5.41, 5.74) is 3.95. The van der Waals surface area contributed by atoms with E-state index in [4.69, 9.17) is 5.26 Å². The molecule has 1 aliphatic rings. The lowest BCUT2D eigenvalue weighted by molar-refractivity contribution is -0.116. The molecule has 0 aliphatic carbocycles. The predicted octanol–water partition coefficient (Wildman–Crippen LogP) is 1.96. The van der Waals surface area contributed by atoms with Crippen LogP contribution < -0.4 is 5.32 Å². The van der Waals surface area contributed by atoms with Gasteiger partial charge < -0.3 is 5.32 Å². The molecule has 0 spiro atoms. The van der Waals surface area contributed by atoms with Gasteiger partial charge in [0.25, 0.3) is 0 Å². The first kappa shape index (κ1) is 16.1. The van der Waals surface area contributed by atoms with Gasteiger partial charge in [-0.3, -0.25) is 4.79 Å². The summed E-state index contributed by atoms with van der Waals surface area (Å²) < 4.78 is 3.19. The molecular formula is C19H14N8O. The molecule has 9 heteroatoms. The minimum atomic E-state index is -0.135. The van der Waals surface area contributed by atoms with E-state index in [9.17, 15) is 4.79 Å². The Kier molecular flexibility index (Phi) is 3.45. The maximum Gasteiger partial charge on any atom is 0.226 e. The van der Waals surface area contributed by atoms with Gasteiger partial charge in [0.05, 0.1) is 17.3 Å². The molecule has 5 rings (SSSR count). The van der Waals surface area contributed by atoms with Crippen LogP contribution in [-0.4, -0.2) is 35.5 Å². The zero-order valence-corrected chi connectivity index (χ0v) is 14.9. The third kappa shape index (κ3) is 2.43. The third-order valence-corrected chi connectivity index (χ3v) is 4.91. The van der Waals surface area contributed by atoms with Crippen LogP contribution in [0.1, 0.15) is 34.7 Å². The molecule has 1 aromatic carbocycles. The van der Waals surface area contributed by atoms with Gasteiger partial charge in [0.2, 0.25) is 5.91 Å². The van der Waals surface area contributed by atoms with Gasteiger partial charge in [-0.1, -0.05) is 12.1 Å². The minimum absolute atomic E-state index is 0.0895. The maximum absolute atomic E-state index is 12.4. The molecule has 3 aromatic heterocycles. The first-order valence-corrected chi connectivity index (χ1v) is 8.71. The Balaban J connectivity index is 1.65. The number of nitriles is 1. The molecular weight excluding hydrogens is 356 g/mol. The van der Waals surface area contributed by atoms with E-state index in [1.807, 2.05) is 19.1 Å². The fraction of sp³-hybridized carbons (Fsp3) is 0.158. The number of aryl methyl sites for hydroxylation is 1. The highest BCUT2D eigenvalue weighted by Crippen LogP contribution is 2.40. The number of nitrogens with one attached hydrogen (secondary N) is 1. The highest BCUT2D eigenvalue weighted by atomic mass is 16.1. The normalized spacial score (nSPS) is 15.9. The summed E-state index contributed by atoms with van der Waals surface area (Å²) in [6, 6.07) is 13.0. The average molecular weight is 370 g/mol. The number of nitrogens with zero attached hydrogens (tertiary/aromatic N) is 7. The maximum atomic E-state index is 12.4. The van der Waals surface area contributed by atoms with E-state index >= 15 is 0 Å². The van der Waals surface area contributed by atoms with Crippen LogP contribution in [-0.2, 0) is 4.79 Å². The van der Waals surface area contributed by atoms with Gasteiger partial charge in [-0.05, 0) is 36.8 Å². The molecule has 28 heavy (non-hydrogen) atoms. The summed E-state index contributed by atoms with van der Waals surface area (Å²) in [5, 5.41) is 28.9. The predicted molar refractivity (Wildman–Crippen MR) is 98.9 cm³/mol. The fourth-order valence-electron chi connectivity index (χ4n) is 3.62. The van der Waals surface area contributed by atoms with Crippen molar-refractivity contribution in [1.82, 2.24) is 29.6 Å². The number of rotatable bonds is 2. The van der Waals surface area contributed by atoms with E-state index in [0.29, 0.717) is 29.3 Å². The number of carbonyl (C=O) groups excluding carboxylic acids is 1. The molecule has 0 saturated heterocycles. The van der Waals surface area contributed by atoms with Crippen LogP contribution >= 0.6 is 0 Å². The van der Waals surface area contributed by atoms with Crippen molar-refractivity contribution in [2.45, 2.75) is 19.3 Å². The first-order valence-electron chi connectivity index (χ1n) is 8.71. The Labute approximate surface area is 159 Å². The molecule has 4 heterocycles. The molecule has 1 N–H and O–H groups in total. The highest BCUT2D eigenvalue weighted by Gasteiger charge is 2.33. The monoisotopic (exact) mass is 370 g/mol. The van der Waals surface area contributed by atoms with Crippen LogP contribution in [0.15, 0.2) is 42.7 Å². The van der Waals surface area contributed by atoms with Gasteiger partial charge in [0.15, 0.2) is 11.5 Å². The molecule has 136 valence electrons. The van der Waals surface area contributed by atoms with Crippen molar-refractivity contribution in [1.29, 1.82) is 5.26 Å². The van der Waals surface area contributed by atoms with Crippen molar-refractivity contribution in [2.75, 3.05) is 5.32 Å². The SMILES string of the molecule is Cc1nn(-c2ccc3nncn3n2)c2c1[C@H](c1ccc(C#N)cc1)CC(=O)N2. The van der Waals surface area contributed by atoms with Gasteiger partial charge >= 0.3 is 0 Å². The van der Waals surface area contributed by atoms with Crippen molar-refractivity contribution in [2.24, 2.45) is 0 Å². The lowest BCUT2D eigenvalue weighted by Crippen LogP contribution is -2.25. The van der Waals surface area contributed by atoms with Gasteiger partial charge in [-0.25, -0.2) is 0 Å². The standard InChI is InChI=1S/C19H14N8O/c1-11-18-14(13-4-2-12(9-20)3-5-13)8-17(28)22-19(18)27(24-11)16-7-6-15-23-21-10-26(15)25-16/h2-7,10,14H,8H2,1H3,(H,22,28)/t14-/m0/s1. The van der Waals surface area contributed by atoms with Crippen LogP contribution in [0.3, 0.4) is 0 Å². The molecule has 0 bridgehead atoms. The van der Waals surface area contributed by atoms with E-state index in [-0.39, 0.29) is 11.8 Å². The lowest BCUT2D eigenvalue weighted by atomic mass is 9.85. The van der Waals surface area contributed by atoms with Crippen molar-refractivity contribution in [3.63, 3.8) is 0 Å². The number of amides is 1. The first-order chi connectivity index (χ1) is 13.6. The third-order valence-electron chi connectivity index (χ3n) is 4.91. The van der Waals surface area contributed by atoms with Crippen LogP contribution in [0.2, 0.25) is 0 Å². The second-order valence-corrected chi connectivity index (χ2v) is 6.62. The molecule has 1 aliphatic heterocycles. The highest BCUT2D eigenvalue weighted by molar-refractivity contribution is 5.95. The average Bonchev–Trinajstić information content (AvgIpc) is 3.31. The second-order valence-electron chi connectivity index (χ2n) is 6.62. The summed E-state index contributed by atoms with van der Waals surface area (Å²) in [4.78, 5) is 12.4. The zero-order valence-electron chi connectivity index (χ0n) is 14.9. The van der Waals surface area contributed by atoms with Crippen molar-refractivity contribution in [3.8, 4) is 11.9 Å². The summed E-state index contributed by atoms with van der Waals surface area (Å²) in [6.07, 6.45) is 1.84. The fourth-order valence-corrected chi connectivity index (χ4v) is 3.62. The van der Waals surface area contributed by atoms with E-state index in [1.165, 1.54) is 6.33 Å². The van der Waals surface area contributed by atoms with Crippen LogP contribution in [0.25, 0.3) is 11.5 Å². The Bertz CT molecular complexity index is 1260. The van der Waals surface area contributed by atoms with Gasteiger partial charge in [0, 0.05) is 17.9 Å². The number of benzene rings is 1. The van der Waals surface area contributed by atoms with Crippen molar-refractivity contribution in [3.05, 3.63) is 65.1 Å². The minimum Gasteiger partial charge on any atom is -0.310 e. The van der Waals surface area contributed by atoms with Gasteiger partial charge in [-0.2, -0.15) is 19.6 Å². The number of hydrogen-bond donors (Lipinski definition) is 1. The quantitative estimate of drug-likeness (QED) is 0.577. The Morgan fingerprint density at radius 2 is 2.00 bits per heavy atom. The van der Waals surface area contributed by atoms with E-state index in [2.05, 4.69) is 31.8 Å². The molecule has 1 atom stereocenters. The van der Waals surface area contributed by atoms with Crippen LogP contribution in [0.5, 0.6) is 0 Å². The summed E-state index contributed by atoms with van der Waals surface area (Å²) in [5.74, 6) is 0.942. The molecule has 4 aromatic rings. The van der Waals surface area contributed by atoms with E-state index in [1.54, 1.807) is 33.5 Å². The smallest absolute Gasteiger partial charge is 0.226 e. The second kappa shape index (κ2) is 5.99.